The van der Waals surface area contributed by atoms with Crippen LogP contribution >= 0.6 is 15.9 Å². The largest absolute Gasteiger partial charge is 0.490 e. The summed E-state index contributed by atoms with van der Waals surface area (Å²) < 4.78 is 12.6. The van der Waals surface area contributed by atoms with E-state index < -0.39 is 0 Å². The van der Waals surface area contributed by atoms with Crippen LogP contribution in [0.25, 0.3) is 0 Å². The first-order valence-electron chi connectivity index (χ1n) is 9.94. The summed E-state index contributed by atoms with van der Waals surface area (Å²) in [5, 5.41) is 3.97. The van der Waals surface area contributed by atoms with E-state index in [0.717, 1.165) is 40.3 Å². The number of halogens is 1. The van der Waals surface area contributed by atoms with Crippen molar-refractivity contribution in [2.24, 2.45) is 17.8 Å². The van der Waals surface area contributed by atoms with Crippen molar-refractivity contribution in [2.45, 2.75) is 64.5 Å². The van der Waals surface area contributed by atoms with Crippen LogP contribution in [0.4, 0.5) is 0 Å². The molecule has 4 bridgehead atoms. The molecule has 0 aromatic heterocycles. The van der Waals surface area contributed by atoms with E-state index in [9.17, 15) is 0 Å². The van der Waals surface area contributed by atoms with Crippen molar-refractivity contribution in [1.82, 2.24) is 5.32 Å². The lowest BCUT2D eigenvalue weighted by Crippen LogP contribution is -2.58. The molecule has 4 aliphatic carbocycles. The third kappa shape index (κ3) is 3.57. The molecule has 4 heteroatoms. The van der Waals surface area contributed by atoms with Gasteiger partial charge in [-0.15, -0.1) is 0 Å². The Balaban J connectivity index is 1.49. The van der Waals surface area contributed by atoms with E-state index >= 15 is 0 Å². The van der Waals surface area contributed by atoms with Gasteiger partial charge in [0.05, 0.1) is 17.7 Å². The van der Waals surface area contributed by atoms with Gasteiger partial charge in [0, 0.05) is 12.1 Å². The topological polar surface area (TPSA) is 30.5 Å². The highest BCUT2D eigenvalue weighted by Crippen LogP contribution is 2.55. The summed E-state index contributed by atoms with van der Waals surface area (Å²) >= 11 is 3.67. The molecule has 0 atom stereocenters. The van der Waals surface area contributed by atoms with Crippen molar-refractivity contribution < 1.29 is 9.47 Å². The fourth-order valence-electron chi connectivity index (χ4n) is 5.89. The van der Waals surface area contributed by atoms with Gasteiger partial charge in [0.2, 0.25) is 0 Å². The van der Waals surface area contributed by atoms with Crippen LogP contribution in [0.1, 0.15) is 57.9 Å². The third-order valence-corrected chi connectivity index (χ3v) is 6.95. The van der Waals surface area contributed by atoms with Crippen molar-refractivity contribution in [3.05, 3.63) is 22.2 Å². The van der Waals surface area contributed by atoms with Gasteiger partial charge in [0.25, 0.3) is 0 Å². The summed E-state index contributed by atoms with van der Waals surface area (Å²) in [6.07, 6.45) is 8.62. The zero-order valence-corrected chi connectivity index (χ0v) is 17.0. The average Bonchev–Trinajstić information content (AvgIpc) is 2.55. The van der Waals surface area contributed by atoms with Crippen molar-refractivity contribution in [2.75, 3.05) is 13.2 Å². The van der Waals surface area contributed by atoms with Crippen LogP contribution < -0.4 is 14.8 Å². The van der Waals surface area contributed by atoms with Crippen LogP contribution in [-0.2, 0) is 6.54 Å². The van der Waals surface area contributed by atoms with Crippen molar-refractivity contribution in [1.29, 1.82) is 0 Å². The Morgan fingerprint density at radius 3 is 2.16 bits per heavy atom. The minimum absolute atomic E-state index is 0.394. The lowest BCUT2D eigenvalue weighted by Gasteiger charge is -2.57. The SMILES string of the molecule is CCOc1cc(CNC23CC4CC(CC(C4)C2)C3)cc(Br)c1OCC. The van der Waals surface area contributed by atoms with Gasteiger partial charge in [-0.2, -0.15) is 0 Å². The highest BCUT2D eigenvalue weighted by molar-refractivity contribution is 9.10. The standard InChI is InChI=1S/C21H30BrNO2/c1-3-24-19-9-17(8-18(22)20(19)25-4-2)13-23-21-10-14-5-15(11-21)7-16(6-14)12-21/h8-9,14-16,23H,3-7,10-13H2,1-2H3. The van der Waals surface area contributed by atoms with Gasteiger partial charge >= 0.3 is 0 Å². The fourth-order valence-corrected chi connectivity index (χ4v) is 6.49. The lowest BCUT2D eigenvalue weighted by atomic mass is 9.53. The van der Waals surface area contributed by atoms with Crippen LogP contribution in [0.2, 0.25) is 0 Å². The first-order chi connectivity index (χ1) is 12.1. The molecule has 4 fully saturated rings. The summed E-state index contributed by atoms with van der Waals surface area (Å²) in [7, 11) is 0. The predicted octanol–water partition coefficient (Wildman–Crippen LogP) is 5.30. The van der Waals surface area contributed by atoms with Crippen LogP contribution in [0.3, 0.4) is 0 Å². The van der Waals surface area contributed by atoms with Crippen molar-refractivity contribution >= 4 is 15.9 Å². The van der Waals surface area contributed by atoms with E-state index in [2.05, 4.69) is 33.4 Å². The molecule has 0 amide bonds. The second-order valence-corrected chi connectivity index (χ2v) is 9.18. The van der Waals surface area contributed by atoms with Crippen molar-refractivity contribution in [3.8, 4) is 11.5 Å². The summed E-state index contributed by atoms with van der Waals surface area (Å²) in [6, 6.07) is 4.33. The molecule has 0 radical (unpaired) electrons. The number of nitrogens with one attached hydrogen (secondary N) is 1. The first kappa shape index (κ1) is 17.7. The molecular formula is C21H30BrNO2. The molecule has 25 heavy (non-hydrogen) atoms. The minimum Gasteiger partial charge on any atom is -0.490 e. The molecule has 5 rings (SSSR count). The summed E-state index contributed by atoms with van der Waals surface area (Å²) in [6.45, 7) is 6.23. The number of rotatable bonds is 7. The molecule has 138 valence electrons. The molecule has 0 spiro atoms. The van der Waals surface area contributed by atoms with E-state index in [4.69, 9.17) is 9.47 Å². The highest BCUT2D eigenvalue weighted by atomic mass is 79.9. The maximum Gasteiger partial charge on any atom is 0.175 e. The van der Waals surface area contributed by atoms with E-state index in [1.165, 1.54) is 44.1 Å². The quantitative estimate of drug-likeness (QED) is 0.664. The smallest absolute Gasteiger partial charge is 0.175 e. The van der Waals surface area contributed by atoms with Crippen molar-refractivity contribution in [3.63, 3.8) is 0 Å². The molecule has 0 heterocycles. The second kappa shape index (κ2) is 7.11. The fraction of sp³-hybridized carbons (Fsp3) is 0.714. The van der Waals surface area contributed by atoms with E-state index in [0.29, 0.717) is 18.8 Å². The Labute approximate surface area is 160 Å². The number of ether oxygens (including phenoxy) is 2. The molecule has 1 aromatic rings. The maximum atomic E-state index is 5.82. The van der Waals surface area contributed by atoms with Crippen LogP contribution in [0.5, 0.6) is 11.5 Å². The Morgan fingerprint density at radius 2 is 1.60 bits per heavy atom. The number of hydrogen-bond donors (Lipinski definition) is 1. The van der Waals surface area contributed by atoms with E-state index in [-0.39, 0.29) is 0 Å². The van der Waals surface area contributed by atoms with Gasteiger partial charge in [-0.25, -0.2) is 0 Å². The molecule has 3 nitrogen and oxygen atoms in total. The Morgan fingerprint density at radius 1 is 1.00 bits per heavy atom. The molecule has 1 N–H and O–H groups in total. The number of benzene rings is 1. The zero-order valence-electron chi connectivity index (χ0n) is 15.4. The molecule has 4 saturated carbocycles. The highest BCUT2D eigenvalue weighted by Gasteiger charge is 2.50. The van der Waals surface area contributed by atoms with Gasteiger partial charge < -0.3 is 14.8 Å². The molecule has 0 unspecified atom stereocenters. The van der Waals surface area contributed by atoms with Crippen LogP contribution in [0, 0.1) is 17.8 Å². The van der Waals surface area contributed by atoms with Crippen LogP contribution in [-0.4, -0.2) is 18.8 Å². The number of hydrogen-bond acceptors (Lipinski definition) is 3. The molecule has 0 aliphatic heterocycles. The minimum atomic E-state index is 0.394. The van der Waals surface area contributed by atoms with Gasteiger partial charge in [0.15, 0.2) is 11.5 Å². The lowest BCUT2D eigenvalue weighted by molar-refractivity contribution is -0.0206. The zero-order chi connectivity index (χ0) is 17.4. The van der Waals surface area contributed by atoms with E-state index in [1.54, 1.807) is 0 Å². The monoisotopic (exact) mass is 407 g/mol. The first-order valence-corrected chi connectivity index (χ1v) is 10.7. The normalized spacial score (nSPS) is 32.8. The van der Waals surface area contributed by atoms with Gasteiger partial charge in [-0.05, 0) is 104 Å². The summed E-state index contributed by atoms with van der Waals surface area (Å²) in [5.74, 6) is 4.60. The molecule has 0 saturated heterocycles. The average molecular weight is 408 g/mol. The maximum absolute atomic E-state index is 5.82. The Bertz CT molecular complexity index is 595. The predicted molar refractivity (Wildman–Crippen MR) is 104 cm³/mol. The molecule has 4 aliphatic rings. The summed E-state index contributed by atoms with van der Waals surface area (Å²) in [5.41, 5.74) is 1.67. The van der Waals surface area contributed by atoms with Gasteiger partial charge in [0.1, 0.15) is 0 Å². The van der Waals surface area contributed by atoms with E-state index in [1.807, 2.05) is 13.8 Å². The molecular weight excluding hydrogens is 378 g/mol. The Hall–Kier alpha value is -0.740. The third-order valence-electron chi connectivity index (χ3n) is 6.36. The van der Waals surface area contributed by atoms with Crippen LogP contribution in [0.15, 0.2) is 16.6 Å². The van der Waals surface area contributed by atoms with Gasteiger partial charge in [-0.1, -0.05) is 0 Å². The molecule has 1 aromatic carbocycles. The Kier molecular flexibility index (Phi) is 5.02. The summed E-state index contributed by atoms with van der Waals surface area (Å²) in [4.78, 5) is 0. The second-order valence-electron chi connectivity index (χ2n) is 8.32. The van der Waals surface area contributed by atoms with Gasteiger partial charge in [-0.3, -0.25) is 0 Å².